The lowest BCUT2D eigenvalue weighted by Crippen LogP contribution is -2.47. The maximum atomic E-state index is 13.3. The number of carboxylic acids is 1. The first-order valence-electron chi connectivity index (χ1n) is 7.80. The molecule has 6 nitrogen and oxygen atoms in total. The van der Waals surface area contributed by atoms with E-state index in [1.165, 1.54) is 7.11 Å². The first kappa shape index (κ1) is 18.2. The summed E-state index contributed by atoms with van der Waals surface area (Å²) in [6, 6.07) is 6.78. The minimum atomic E-state index is -4.96. The van der Waals surface area contributed by atoms with E-state index in [0.717, 1.165) is 4.90 Å². The summed E-state index contributed by atoms with van der Waals surface area (Å²) in [4.78, 5) is 24.9. The van der Waals surface area contributed by atoms with Crippen molar-refractivity contribution in [3.8, 4) is 0 Å². The van der Waals surface area contributed by atoms with E-state index in [-0.39, 0.29) is 18.9 Å². The molecule has 1 atom stereocenters. The first-order chi connectivity index (χ1) is 12.2. The molecule has 1 aliphatic rings. The van der Waals surface area contributed by atoms with Crippen molar-refractivity contribution in [3.63, 3.8) is 0 Å². The molecular weight excluding hydrogens is 355 g/mol. The Kier molecular flexibility index (Phi) is 4.43. The van der Waals surface area contributed by atoms with E-state index < -0.39 is 36.4 Å². The minimum Gasteiger partial charge on any atom is -0.481 e. The standard InChI is InChI=1S/C17H16F3NO5/c1-25-8-11-10-4-2-3-5-12(10)26-13(11)14(22)21-7-6-16(9-21,15(23)24)17(18,19)20/h2-5H,6-9H2,1H3,(H,23,24). The predicted molar refractivity (Wildman–Crippen MR) is 83.6 cm³/mol. The van der Waals surface area contributed by atoms with Gasteiger partial charge in [0.15, 0.2) is 11.2 Å². The number of benzene rings is 1. The molecule has 140 valence electrons. The molecule has 0 spiro atoms. The van der Waals surface area contributed by atoms with E-state index in [9.17, 15) is 22.8 Å². The highest BCUT2D eigenvalue weighted by atomic mass is 19.4. The molecule has 3 rings (SSSR count). The van der Waals surface area contributed by atoms with Crippen LogP contribution in [0.3, 0.4) is 0 Å². The first-order valence-corrected chi connectivity index (χ1v) is 7.80. The molecule has 26 heavy (non-hydrogen) atoms. The zero-order chi connectivity index (χ0) is 19.1. The normalized spacial score (nSPS) is 20.7. The lowest BCUT2D eigenvalue weighted by atomic mass is 9.86. The lowest BCUT2D eigenvalue weighted by molar-refractivity contribution is -0.227. The number of likely N-dealkylation sites (tertiary alicyclic amines) is 1. The van der Waals surface area contributed by atoms with Crippen molar-refractivity contribution in [1.82, 2.24) is 4.90 Å². The van der Waals surface area contributed by atoms with Crippen molar-refractivity contribution >= 4 is 22.8 Å². The molecule has 0 saturated carbocycles. The Morgan fingerprint density at radius 3 is 2.62 bits per heavy atom. The van der Waals surface area contributed by atoms with Gasteiger partial charge in [0.05, 0.1) is 6.61 Å². The maximum Gasteiger partial charge on any atom is 0.406 e. The topological polar surface area (TPSA) is 80.0 Å². The number of amides is 1. The molecule has 1 amide bonds. The third-order valence-electron chi connectivity index (χ3n) is 4.69. The molecule has 1 unspecified atom stereocenters. The Labute approximate surface area is 146 Å². The monoisotopic (exact) mass is 371 g/mol. The molecule has 1 aliphatic heterocycles. The molecule has 0 radical (unpaired) electrons. The second-order valence-corrected chi connectivity index (χ2v) is 6.20. The summed E-state index contributed by atoms with van der Waals surface area (Å²) < 4.78 is 50.5. The van der Waals surface area contributed by atoms with Crippen LogP contribution >= 0.6 is 0 Å². The van der Waals surface area contributed by atoms with Gasteiger partial charge in [0.1, 0.15) is 5.58 Å². The molecule has 0 bridgehead atoms. The molecule has 9 heteroatoms. The van der Waals surface area contributed by atoms with Gasteiger partial charge in [0.2, 0.25) is 0 Å². The SMILES string of the molecule is COCc1c(C(=O)N2CCC(C(=O)O)(C(F)(F)F)C2)oc2ccccc12. The van der Waals surface area contributed by atoms with Crippen molar-refractivity contribution in [2.75, 3.05) is 20.2 Å². The summed E-state index contributed by atoms with van der Waals surface area (Å²) in [6.45, 7) is -1.24. The molecule has 2 aromatic rings. The van der Waals surface area contributed by atoms with Crippen LogP contribution in [0.15, 0.2) is 28.7 Å². The number of para-hydroxylation sites is 1. The number of halogens is 3. The Morgan fingerprint density at radius 2 is 2.04 bits per heavy atom. The smallest absolute Gasteiger partial charge is 0.406 e. The Morgan fingerprint density at radius 1 is 1.35 bits per heavy atom. The summed E-state index contributed by atoms with van der Waals surface area (Å²) in [5, 5.41) is 9.74. The average Bonchev–Trinajstić information content (AvgIpc) is 3.18. The number of carboxylic acid groups (broad SMARTS) is 1. The lowest BCUT2D eigenvalue weighted by Gasteiger charge is -2.27. The number of fused-ring (bicyclic) bond motifs is 1. The van der Waals surface area contributed by atoms with Crippen LogP contribution in [0.2, 0.25) is 0 Å². The van der Waals surface area contributed by atoms with Crippen LogP contribution in [0, 0.1) is 5.41 Å². The summed E-state index contributed by atoms with van der Waals surface area (Å²) in [5.41, 5.74) is -2.13. The molecule has 1 aromatic heterocycles. The molecular formula is C17H16F3NO5. The number of alkyl halides is 3. The number of methoxy groups -OCH3 is 1. The van der Waals surface area contributed by atoms with Crippen molar-refractivity contribution in [2.45, 2.75) is 19.2 Å². The summed E-state index contributed by atoms with van der Waals surface area (Å²) in [6.07, 6.45) is -5.66. The van der Waals surface area contributed by atoms with Crippen molar-refractivity contribution in [1.29, 1.82) is 0 Å². The van der Waals surface area contributed by atoms with Crippen LogP contribution < -0.4 is 0 Å². The van der Waals surface area contributed by atoms with Gasteiger partial charge in [-0.2, -0.15) is 13.2 Å². The zero-order valence-corrected chi connectivity index (χ0v) is 13.8. The van der Waals surface area contributed by atoms with Gasteiger partial charge in [-0.05, 0) is 12.5 Å². The summed E-state index contributed by atoms with van der Waals surface area (Å²) in [7, 11) is 1.42. The third-order valence-corrected chi connectivity index (χ3v) is 4.69. The highest BCUT2D eigenvalue weighted by Gasteiger charge is 2.64. The number of furan rings is 1. The quantitative estimate of drug-likeness (QED) is 0.894. The highest BCUT2D eigenvalue weighted by Crippen LogP contribution is 2.46. The van der Waals surface area contributed by atoms with E-state index >= 15 is 0 Å². The van der Waals surface area contributed by atoms with Gasteiger partial charge >= 0.3 is 12.1 Å². The Bertz CT molecular complexity index is 860. The van der Waals surface area contributed by atoms with Crippen LogP contribution in [0.25, 0.3) is 11.0 Å². The van der Waals surface area contributed by atoms with E-state index in [1.807, 2.05) is 0 Å². The number of ether oxygens (including phenoxy) is 1. The van der Waals surface area contributed by atoms with Gasteiger partial charge in [-0.15, -0.1) is 0 Å². The largest absolute Gasteiger partial charge is 0.481 e. The number of carbonyl (C=O) groups excluding carboxylic acids is 1. The second kappa shape index (κ2) is 6.31. The number of nitrogens with zero attached hydrogens (tertiary/aromatic N) is 1. The molecule has 1 aromatic carbocycles. The van der Waals surface area contributed by atoms with Crippen LogP contribution in [-0.2, 0) is 16.1 Å². The molecule has 0 aliphatic carbocycles. The fraction of sp³-hybridized carbons (Fsp3) is 0.412. The molecule has 1 saturated heterocycles. The van der Waals surface area contributed by atoms with E-state index in [1.54, 1.807) is 24.3 Å². The van der Waals surface area contributed by atoms with Crippen LogP contribution in [-0.4, -0.2) is 48.3 Å². The van der Waals surface area contributed by atoms with Crippen molar-refractivity contribution < 1.29 is 37.0 Å². The van der Waals surface area contributed by atoms with Crippen molar-refractivity contribution in [2.24, 2.45) is 5.41 Å². The maximum absolute atomic E-state index is 13.3. The number of rotatable bonds is 4. The van der Waals surface area contributed by atoms with E-state index in [2.05, 4.69) is 0 Å². The fourth-order valence-electron chi connectivity index (χ4n) is 3.21. The third kappa shape index (κ3) is 2.72. The fourth-order valence-corrected chi connectivity index (χ4v) is 3.21. The summed E-state index contributed by atoms with van der Waals surface area (Å²) >= 11 is 0. The van der Waals surface area contributed by atoms with E-state index in [0.29, 0.717) is 16.5 Å². The average molecular weight is 371 g/mol. The Balaban J connectivity index is 1.97. The minimum absolute atomic E-state index is 0.0370. The van der Waals surface area contributed by atoms with Gasteiger partial charge in [0, 0.05) is 31.1 Å². The van der Waals surface area contributed by atoms with Gasteiger partial charge < -0.3 is 19.2 Å². The van der Waals surface area contributed by atoms with Gasteiger partial charge in [0.25, 0.3) is 5.91 Å². The molecule has 1 fully saturated rings. The molecule has 2 heterocycles. The van der Waals surface area contributed by atoms with Crippen molar-refractivity contribution in [3.05, 3.63) is 35.6 Å². The van der Waals surface area contributed by atoms with Crippen LogP contribution in [0.1, 0.15) is 22.5 Å². The number of aliphatic carboxylic acids is 1. The van der Waals surface area contributed by atoms with Crippen LogP contribution in [0.4, 0.5) is 13.2 Å². The Hall–Kier alpha value is -2.55. The number of carbonyl (C=O) groups is 2. The zero-order valence-electron chi connectivity index (χ0n) is 13.8. The van der Waals surface area contributed by atoms with Gasteiger partial charge in [-0.1, -0.05) is 18.2 Å². The van der Waals surface area contributed by atoms with Crippen LogP contribution in [0.5, 0.6) is 0 Å². The highest BCUT2D eigenvalue weighted by molar-refractivity contribution is 5.99. The van der Waals surface area contributed by atoms with Gasteiger partial charge in [-0.25, -0.2) is 0 Å². The molecule has 1 N–H and O–H groups in total. The summed E-state index contributed by atoms with van der Waals surface area (Å²) in [5.74, 6) is -2.89. The predicted octanol–water partition coefficient (Wildman–Crippen LogP) is 3.06. The second-order valence-electron chi connectivity index (χ2n) is 6.20. The number of hydrogen-bond donors (Lipinski definition) is 1. The van der Waals surface area contributed by atoms with Gasteiger partial charge in [-0.3, -0.25) is 9.59 Å². The van der Waals surface area contributed by atoms with E-state index in [4.69, 9.17) is 14.3 Å². The number of hydrogen-bond acceptors (Lipinski definition) is 4.